The maximum atomic E-state index is 5.39. The lowest BCUT2D eigenvalue weighted by Gasteiger charge is -2.09. The van der Waals surface area contributed by atoms with Crippen molar-refractivity contribution in [3.8, 4) is 0 Å². The number of nitrogens with zero attached hydrogens (tertiary/aromatic N) is 5. The minimum Gasteiger partial charge on any atom is -0.467 e. The molecule has 5 rings (SSSR count). The van der Waals surface area contributed by atoms with Crippen LogP contribution in [0.3, 0.4) is 0 Å². The molecule has 5 aromatic rings. The maximum Gasteiger partial charge on any atom is 0.210 e. The highest BCUT2D eigenvalue weighted by atomic mass is 32.2. The number of tetrazole rings is 1. The molecule has 0 amide bonds. The third-order valence-corrected chi connectivity index (χ3v) is 5.38. The number of thioether (sulfide) groups is 1. The number of pyridine rings is 1. The predicted molar refractivity (Wildman–Crippen MR) is 104 cm³/mol. The Labute approximate surface area is 159 Å². The maximum absolute atomic E-state index is 5.39. The van der Waals surface area contributed by atoms with Gasteiger partial charge in [0.05, 0.1) is 17.5 Å². The highest BCUT2D eigenvalue weighted by Gasteiger charge is 2.12. The molecule has 0 aliphatic carbocycles. The number of furan rings is 1. The first-order chi connectivity index (χ1) is 13.4. The van der Waals surface area contributed by atoms with Gasteiger partial charge in [-0.05, 0) is 34.0 Å². The first-order valence-electron chi connectivity index (χ1n) is 8.56. The Morgan fingerprint density at radius 1 is 0.889 bits per heavy atom. The van der Waals surface area contributed by atoms with Gasteiger partial charge in [-0.1, -0.05) is 54.2 Å². The van der Waals surface area contributed by atoms with Crippen molar-refractivity contribution < 1.29 is 4.42 Å². The van der Waals surface area contributed by atoms with E-state index in [0.717, 1.165) is 27.5 Å². The largest absolute Gasteiger partial charge is 0.467 e. The summed E-state index contributed by atoms with van der Waals surface area (Å²) in [7, 11) is 0. The van der Waals surface area contributed by atoms with Gasteiger partial charge in [0.25, 0.3) is 0 Å². The van der Waals surface area contributed by atoms with Crippen LogP contribution in [0.1, 0.15) is 11.5 Å². The van der Waals surface area contributed by atoms with Crippen LogP contribution in [0.5, 0.6) is 0 Å². The number of aromatic nitrogens is 5. The Hall–Kier alpha value is -3.19. The molecule has 0 bridgehead atoms. The Morgan fingerprint density at radius 2 is 1.70 bits per heavy atom. The molecule has 0 saturated carbocycles. The smallest absolute Gasteiger partial charge is 0.210 e. The summed E-state index contributed by atoms with van der Waals surface area (Å²) in [6.45, 7) is 0.508. The molecule has 3 aromatic heterocycles. The molecule has 0 saturated heterocycles. The quantitative estimate of drug-likeness (QED) is 0.338. The topological polar surface area (TPSA) is 69.6 Å². The number of hydrogen-bond donors (Lipinski definition) is 0. The van der Waals surface area contributed by atoms with Crippen molar-refractivity contribution in [2.45, 2.75) is 17.5 Å². The fourth-order valence-electron chi connectivity index (χ4n) is 3.17. The fourth-order valence-corrected chi connectivity index (χ4v) is 4.00. The molecule has 132 valence electrons. The lowest BCUT2D eigenvalue weighted by Crippen LogP contribution is -2.03. The third kappa shape index (κ3) is 3.06. The number of para-hydroxylation sites is 1. The fraction of sp³-hybridized carbons (Fsp3) is 0.100. The third-order valence-electron chi connectivity index (χ3n) is 4.41. The van der Waals surface area contributed by atoms with Gasteiger partial charge in [-0.3, -0.25) is 4.98 Å². The van der Waals surface area contributed by atoms with E-state index in [-0.39, 0.29) is 0 Å². The molecule has 2 aromatic carbocycles. The summed E-state index contributed by atoms with van der Waals surface area (Å²) in [4.78, 5) is 4.89. The molecule has 0 aliphatic heterocycles. The van der Waals surface area contributed by atoms with E-state index >= 15 is 0 Å². The molecule has 7 heteroatoms. The summed E-state index contributed by atoms with van der Waals surface area (Å²) in [6.07, 6.45) is 1.65. The van der Waals surface area contributed by atoms with Crippen molar-refractivity contribution in [2.24, 2.45) is 0 Å². The molecule has 6 nitrogen and oxygen atoms in total. The molecule has 0 fully saturated rings. The lowest BCUT2D eigenvalue weighted by molar-refractivity contribution is 0.462. The number of hydrogen-bond acceptors (Lipinski definition) is 6. The first kappa shape index (κ1) is 16.0. The van der Waals surface area contributed by atoms with E-state index in [1.807, 2.05) is 30.3 Å². The van der Waals surface area contributed by atoms with E-state index in [0.29, 0.717) is 12.3 Å². The number of benzene rings is 2. The molecule has 0 radical (unpaired) electrons. The second kappa shape index (κ2) is 6.85. The molecule has 0 aliphatic rings. The zero-order valence-corrected chi connectivity index (χ0v) is 15.1. The van der Waals surface area contributed by atoms with Gasteiger partial charge < -0.3 is 4.42 Å². The normalized spacial score (nSPS) is 11.4. The van der Waals surface area contributed by atoms with E-state index in [4.69, 9.17) is 9.40 Å². The van der Waals surface area contributed by atoms with Gasteiger partial charge in [-0.15, -0.1) is 5.10 Å². The summed E-state index contributed by atoms with van der Waals surface area (Å²) in [6, 6.07) is 20.4. The second-order valence-electron chi connectivity index (χ2n) is 6.11. The van der Waals surface area contributed by atoms with Crippen LogP contribution in [0.4, 0.5) is 0 Å². The van der Waals surface area contributed by atoms with Crippen molar-refractivity contribution in [1.29, 1.82) is 0 Å². The molecular formula is C20H15N5OS. The Morgan fingerprint density at radius 3 is 2.56 bits per heavy atom. The van der Waals surface area contributed by atoms with Gasteiger partial charge in [0, 0.05) is 16.5 Å². The summed E-state index contributed by atoms with van der Waals surface area (Å²) < 4.78 is 7.14. The number of fused-ring (bicyclic) bond motifs is 3. The van der Waals surface area contributed by atoms with E-state index < -0.39 is 0 Å². The van der Waals surface area contributed by atoms with Gasteiger partial charge >= 0.3 is 0 Å². The summed E-state index contributed by atoms with van der Waals surface area (Å²) >= 11 is 1.57. The minimum absolute atomic E-state index is 0.508. The van der Waals surface area contributed by atoms with Gasteiger partial charge in [-0.2, -0.15) is 0 Å². The lowest BCUT2D eigenvalue weighted by atomic mass is 10.0. The van der Waals surface area contributed by atoms with Crippen LogP contribution in [0.15, 0.2) is 76.5 Å². The SMILES string of the molecule is c1coc(Cn2nnnc2SCc2nc3ccccc3c3ccccc23)c1. The average Bonchev–Trinajstić information content (AvgIpc) is 3.39. The zero-order chi connectivity index (χ0) is 18.1. The monoisotopic (exact) mass is 373 g/mol. The molecular weight excluding hydrogens is 358 g/mol. The Bertz CT molecular complexity index is 1220. The van der Waals surface area contributed by atoms with Gasteiger partial charge in [0.15, 0.2) is 0 Å². The summed E-state index contributed by atoms with van der Waals surface area (Å²) in [5.74, 6) is 1.50. The van der Waals surface area contributed by atoms with Crippen LogP contribution in [0, 0.1) is 0 Å². The van der Waals surface area contributed by atoms with E-state index in [1.54, 1.807) is 22.7 Å². The van der Waals surface area contributed by atoms with Gasteiger partial charge in [0.1, 0.15) is 12.3 Å². The summed E-state index contributed by atoms with van der Waals surface area (Å²) in [5.41, 5.74) is 2.03. The van der Waals surface area contributed by atoms with Crippen molar-refractivity contribution in [2.75, 3.05) is 0 Å². The van der Waals surface area contributed by atoms with Gasteiger partial charge in [-0.25, -0.2) is 4.68 Å². The second-order valence-corrected chi connectivity index (χ2v) is 7.05. The molecule has 27 heavy (non-hydrogen) atoms. The molecule has 0 unspecified atom stereocenters. The average molecular weight is 373 g/mol. The standard InChI is InChI=1S/C20H15N5OS/c1-2-9-17-15(7-1)16-8-3-4-10-18(16)21-19(17)13-27-20-22-23-24-25(20)12-14-6-5-11-26-14/h1-11H,12-13H2. The Kier molecular flexibility index (Phi) is 4.06. The van der Waals surface area contributed by atoms with Crippen molar-refractivity contribution in [3.63, 3.8) is 0 Å². The van der Waals surface area contributed by atoms with Crippen LogP contribution in [-0.2, 0) is 12.3 Å². The van der Waals surface area contributed by atoms with Crippen LogP contribution in [-0.4, -0.2) is 25.2 Å². The Balaban J connectivity index is 1.48. The van der Waals surface area contributed by atoms with E-state index in [9.17, 15) is 0 Å². The van der Waals surface area contributed by atoms with Gasteiger partial charge in [0.2, 0.25) is 5.16 Å². The van der Waals surface area contributed by atoms with Crippen LogP contribution < -0.4 is 0 Å². The molecule has 3 heterocycles. The number of rotatable bonds is 5. The van der Waals surface area contributed by atoms with Crippen LogP contribution in [0.25, 0.3) is 21.7 Å². The first-order valence-corrected chi connectivity index (χ1v) is 9.55. The van der Waals surface area contributed by atoms with Crippen molar-refractivity contribution >= 4 is 33.4 Å². The highest BCUT2D eigenvalue weighted by Crippen LogP contribution is 2.29. The van der Waals surface area contributed by atoms with Crippen molar-refractivity contribution in [1.82, 2.24) is 25.2 Å². The van der Waals surface area contributed by atoms with Crippen LogP contribution in [0.2, 0.25) is 0 Å². The molecule has 0 atom stereocenters. The predicted octanol–water partition coefficient (Wildman–Crippen LogP) is 4.31. The highest BCUT2D eigenvalue weighted by molar-refractivity contribution is 7.98. The summed E-state index contributed by atoms with van der Waals surface area (Å²) in [5, 5.41) is 16.3. The van der Waals surface area contributed by atoms with E-state index in [2.05, 4.69) is 45.9 Å². The zero-order valence-electron chi connectivity index (χ0n) is 14.3. The van der Waals surface area contributed by atoms with Crippen molar-refractivity contribution in [3.05, 3.63) is 78.4 Å². The van der Waals surface area contributed by atoms with Crippen LogP contribution >= 0.6 is 11.8 Å². The van der Waals surface area contributed by atoms with E-state index in [1.165, 1.54) is 10.8 Å². The minimum atomic E-state index is 0.508. The molecule has 0 N–H and O–H groups in total. The molecule has 0 spiro atoms.